The lowest BCUT2D eigenvalue weighted by molar-refractivity contribution is 0.148. The molecule has 3 heteroatoms. The zero-order valence-electron chi connectivity index (χ0n) is 9.54. The van der Waals surface area contributed by atoms with E-state index in [1.165, 1.54) is 5.56 Å². The van der Waals surface area contributed by atoms with Crippen molar-refractivity contribution in [2.75, 3.05) is 0 Å². The molecule has 88 valence electrons. The second-order valence-electron chi connectivity index (χ2n) is 4.57. The van der Waals surface area contributed by atoms with Gasteiger partial charge in [-0.2, -0.15) is 0 Å². The predicted octanol–water partition coefficient (Wildman–Crippen LogP) is 2.65. The highest BCUT2D eigenvalue weighted by atomic mass is 35.5. The van der Waals surface area contributed by atoms with E-state index in [1.807, 2.05) is 19.1 Å². The molecule has 2 atom stereocenters. The quantitative estimate of drug-likeness (QED) is 0.850. The summed E-state index contributed by atoms with van der Waals surface area (Å²) in [6.45, 7) is 2.82. The molecule has 0 heterocycles. The standard InChI is InChI=1S/C13H18ClNO/c1-9-7-10(5-6-11(9)14)8-15-12-3-2-4-13(12)16/h5-7,12-13,15-16H,2-4,8H2,1H3. The van der Waals surface area contributed by atoms with Crippen LogP contribution in [0.2, 0.25) is 5.02 Å². The maximum atomic E-state index is 9.68. The fraction of sp³-hybridized carbons (Fsp3) is 0.538. The molecule has 0 aliphatic heterocycles. The minimum Gasteiger partial charge on any atom is -0.392 e. The number of hydrogen-bond donors (Lipinski definition) is 2. The fourth-order valence-electron chi connectivity index (χ4n) is 2.24. The first-order chi connectivity index (χ1) is 7.66. The van der Waals surface area contributed by atoms with Gasteiger partial charge in [0.1, 0.15) is 0 Å². The molecule has 1 fully saturated rings. The van der Waals surface area contributed by atoms with Crippen molar-refractivity contribution in [2.24, 2.45) is 0 Å². The van der Waals surface area contributed by atoms with E-state index in [9.17, 15) is 5.11 Å². The van der Waals surface area contributed by atoms with E-state index in [0.717, 1.165) is 36.4 Å². The smallest absolute Gasteiger partial charge is 0.0693 e. The largest absolute Gasteiger partial charge is 0.392 e. The van der Waals surface area contributed by atoms with Crippen molar-refractivity contribution in [1.29, 1.82) is 0 Å². The number of hydrogen-bond acceptors (Lipinski definition) is 2. The van der Waals surface area contributed by atoms with Gasteiger partial charge in [-0.05, 0) is 43.4 Å². The van der Waals surface area contributed by atoms with Crippen molar-refractivity contribution in [3.05, 3.63) is 34.3 Å². The molecule has 1 saturated carbocycles. The molecule has 1 aromatic carbocycles. The molecular formula is C13H18ClNO. The van der Waals surface area contributed by atoms with Crippen LogP contribution in [0.1, 0.15) is 30.4 Å². The summed E-state index contributed by atoms with van der Waals surface area (Å²) in [6.07, 6.45) is 2.96. The molecule has 0 radical (unpaired) electrons. The van der Waals surface area contributed by atoms with Gasteiger partial charge in [-0.1, -0.05) is 23.7 Å². The maximum absolute atomic E-state index is 9.68. The molecule has 1 aliphatic carbocycles. The lowest BCUT2D eigenvalue weighted by Crippen LogP contribution is -2.35. The van der Waals surface area contributed by atoms with Gasteiger partial charge in [0.2, 0.25) is 0 Å². The molecule has 2 unspecified atom stereocenters. The van der Waals surface area contributed by atoms with Gasteiger partial charge in [-0.25, -0.2) is 0 Å². The van der Waals surface area contributed by atoms with Gasteiger partial charge in [0.25, 0.3) is 0 Å². The zero-order valence-corrected chi connectivity index (χ0v) is 10.3. The Morgan fingerprint density at radius 3 is 2.88 bits per heavy atom. The summed E-state index contributed by atoms with van der Waals surface area (Å²) in [5, 5.41) is 13.9. The van der Waals surface area contributed by atoms with E-state index in [4.69, 9.17) is 11.6 Å². The second kappa shape index (κ2) is 5.17. The highest BCUT2D eigenvalue weighted by molar-refractivity contribution is 6.31. The Hall–Kier alpha value is -0.570. The Balaban J connectivity index is 1.91. The molecule has 0 spiro atoms. The van der Waals surface area contributed by atoms with Crippen molar-refractivity contribution in [3.63, 3.8) is 0 Å². The summed E-state index contributed by atoms with van der Waals surface area (Å²) in [4.78, 5) is 0. The third-order valence-corrected chi connectivity index (χ3v) is 3.69. The summed E-state index contributed by atoms with van der Waals surface area (Å²) in [5.41, 5.74) is 2.33. The third-order valence-electron chi connectivity index (χ3n) is 3.27. The number of halogens is 1. The fourth-order valence-corrected chi connectivity index (χ4v) is 2.36. The number of benzene rings is 1. The Kier molecular flexibility index (Phi) is 3.85. The van der Waals surface area contributed by atoms with Gasteiger partial charge in [0.15, 0.2) is 0 Å². The van der Waals surface area contributed by atoms with Crippen molar-refractivity contribution in [3.8, 4) is 0 Å². The summed E-state index contributed by atoms with van der Waals surface area (Å²) < 4.78 is 0. The first-order valence-corrected chi connectivity index (χ1v) is 6.21. The molecule has 16 heavy (non-hydrogen) atoms. The van der Waals surface area contributed by atoms with Crippen LogP contribution in [-0.4, -0.2) is 17.3 Å². The van der Waals surface area contributed by atoms with E-state index in [1.54, 1.807) is 0 Å². The third kappa shape index (κ3) is 2.76. The van der Waals surface area contributed by atoms with Crippen LogP contribution in [0, 0.1) is 6.92 Å². The number of aliphatic hydroxyl groups is 1. The zero-order chi connectivity index (χ0) is 11.5. The normalized spacial score (nSPS) is 24.9. The van der Waals surface area contributed by atoms with Crippen LogP contribution >= 0.6 is 11.6 Å². The molecule has 0 saturated heterocycles. The van der Waals surface area contributed by atoms with Crippen LogP contribution in [0.15, 0.2) is 18.2 Å². The Labute approximate surface area is 102 Å². The van der Waals surface area contributed by atoms with Crippen molar-refractivity contribution < 1.29 is 5.11 Å². The van der Waals surface area contributed by atoms with E-state index < -0.39 is 0 Å². The summed E-state index contributed by atoms with van der Waals surface area (Å²) in [6, 6.07) is 6.32. The van der Waals surface area contributed by atoms with Gasteiger partial charge >= 0.3 is 0 Å². The molecule has 2 nitrogen and oxygen atoms in total. The van der Waals surface area contributed by atoms with Crippen molar-refractivity contribution in [1.82, 2.24) is 5.32 Å². The number of nitrogens with one attached hydrogen (secondary N) is 1. The molecule has 1 aliphatic rings. The molecule has 0 amide bonds. The van der Waals surface area contributed by atoms with Crippen LogP contribution < -0.4 is 5.32 Å². The number of aryl methyl sites for hydroxylation is 1. The number of aliphatic hydroxyl groups excluding tert-OH is 1. The molecular weight excluding hydrogens is 222 g/mol. The minimum atomic E-state index is -0.173. The lowest BCUT2D eigenvalue weighted by Gasteiger charge is -2.16. The SMILES string of the molecule is Cc1cc(CNC2CCCC2O)ccc1Cl. The monoisotopic (exact) mass is 239 g/mol. The van der Waals surface area contributed by atoms with Crippen LogP contribution in [-0.2, 0) is 6.54 Å². The van der Waals surface area contributed by atoms with E-state index in [0.29, 0.717) is 0 Å². The van der Waals surface area contributed by atoms with Crippen molar-refractivity contribution in [2.45, 2.75) is 44.9 Å². The Morgan fingerprint density at radius 1 is 1.44 bits per heavy atom. The van der Waals surface area contributed by atoms with Gasteiger partial charge < -0.3 is 10.4 Å². The highest BCUT2D eigenvalue weighted by Crippen LogP contribution is 2.20. The first kappa shape index (κ1) is 11.9. The van der Waals surface area contributed by atoms with Crippen molar-refractivity contribution >= 4 is 11.6 Å². The van der Waals surface area contributed by atoms with Crippen LogP contribution in [0.3, 0.4) is 0 Å². The lowest BCUT2D eigenvalue weighted by atomic mass is 10.1. The Morgan fingerprint density at radius 2 is 2.25 bits per heavy atom. The molecule has 2 N–H and O–H groups in total. The van der Waals surface area contributed by atoms with Crippen LogP contribution in [0.4, 0.5) is 0 Å². The highest BCUT2D eigenvalue weighted by Gasteiger charge is 2.24. The van der Waals surface area contributed by atoms with Gasteiger partial charge in [0.05, 0.1) is 6.10 Å². The summed E-state index contributed by atoms with van der Waals surface area (Å²) in [5.74, 6) is 0. The van der Waals surface area contributed by atoms with Gasteiger partial charge in [-0.15, -0.1) is 0 Å². The minimum absolute atomic E-state index is 0.173. The molecule has 0 aromatic heterocycles. The van der Waals surface area contributed by atoms with Gasteiger partial charge in [0, 0.05) is 17.6 Å². The van der Waals surface area contributed by atoms with Crippen LogP contribution in [0.25, 0.3) is 0 Å². The average molecular weight is 240 g/mol. The Bertz CT molecular complexity index is 367. The van der Waals surface area contributed by atoms with E-state index in [-0.39, 0.29) is 12.1 Å². The summed E-state index contributed by atoms with van der Waals surface area (Å²) in [7, 11) is 0. The predicted molar refractivity (Wildman–Crippen MR) is 66.7 cm³/mol. The molecule has 2 rings (SSSR count). The van der Waals surface area contributed by atoms with Gasteiger partial charge in [-0.3, -0.25) is 0 Å². The molecule has 1 aromatic rings. The van der Waals surface area contributed by atoms with E-state index in [2.05, 4.69) is 11.4 Å². The van der Waals surface area contributed by atoms with E-state index >= 15 is 0 Å². The summed E-state index contributed by atoms with van der Waals surface area (Å²) >= 11 is 5.97. The first-order valence-electron chi connectivity index (χ1n) is 5.83. The topological polar surface area (TPSA) is 32.3 Å². The average Bonchev–Trinajstić information content (AvgIpc) is 2.66. The number of rotatable bonds is 3. The van der Waals surface area contributed by atoms with Crippen LogP contribution in [0.5, 0.6) is 0 Å². The second-order valence-corrected chi connectivity index (χ2v) is 4.98. The molecule has 0 bridgehead atoms. The maximum Gasteiger partial charge on any atom is 0.0693 e.